The Morgan fingerprint density at radius 3 is 2.63 bits per heavy atom. The van der Waals surface area contributed by atoms with Crippen LogP contribution < -0.4 is 10.1 Å². The fraction of sp³-hybridized carbons (Fsp3) is 0.500. The molecule has 19 heavy (non-hydrogen) atoms. The van der Waals surface area contributed by atoms with Gasteiger partial charge in [-0.05, 0) is 26.8 Å². The molecule has 0 radical (unpaired) electrons. The monoisotopic (exact) mass is 265 g/mol. The maximum Gasteiger partial charge on any atom is 0.412 e. The van der Waals surface area contributed by atoms with Crippen LogP contribution in [-0.2, 0) is 9.47 Å². The van der Waals surface area contributed by atoms with Crippen molar-refractivity contribution in [1.82, 2.24) is 0 Å². The van der Waals surface area contributed by atoms with Gasteiger partial charge < -0.3 is 14.2 Å². The maximum atomic E-state index is 11.7. The number of methoxy groups -OCH3 is 1. The summed E-state index contributed by atoms with van der Waals surface area (Å²) in [5, 5.41) is 2.68. The highest BCUT2D eigenvalue weighted by Crippen LogP contribution is 2.37. The van der Waals surface area contributed by atoms with E-state index in [0.29, 0.717) is 11.4 Å². The fourth-order valence-electron chi connectivity index (χ4n) is 1.70. The van der Waals surface area contributed by atoms with Crippen molar-refractivity contribution in [3.8, 4) is 5.75 Å². The van der Waals surface area contributed by atoms with Crippen molar-refractivity contribution in [2.45, 2.75) is 32.5 Å². The van der Waals surface area contributed by atoms with Gasteiger partial charge in [-0.2, -0.15) is 0 Å². The molecule has 0 saturated carbocycles. The maximum absolute atomic E-state index is 11.7. The van der Waals surface area contributed by atoms with Gasteiger partial charge in [-0.25, -0.2) is 4.79 Å². The van der Waals surface area contributed by atoms with Crippen LogP contribution in [0.1, 0.15) is 32.4 Å². The number of nitrogens with one attached hydrogen (secondary N) is 1. The van der Waals surface area contributed by atoms with E-state index in [2.05, 4.69) is 5.32 Å². The van der Waals surface area contributed by atoms with E-state index < -0.39 is 11.7 Å². The fourth-order valence-corrected chi connectivity index (χ4v) is 1.70. The third kappa shape index (κ3) is 3.86. The molecule has 1 fully saturated rings. The van der Waals surface area contributed by atoms with Crippen LogP contribution in [0.2, 0.25) is 0 Å². The van der Waals surface area contributed by atoms with Crippen molar-refractivity contribution >= 4 is 11.8 Å². The molecule has 1 atom stereocenters. The summed E-state index contributed by atoms with van der Waals surface area (Å²) in [5.74, 6) is 0.705. The van der Waals surface area contributed by atoms with E-state index in [1.807, 2.05) is 32.9 Å². The van der Waals surface area contributed by atoms with Crippen molar-refractivity contribution in [2.75, 3.05) is 19.0 Å². The molecule has 104 valence electrons. The van der Waals surface area contributed by atoms with Gasteiger partial charge in [-0.15, -0.1) is 0 Å². The van der Waals surface area contributed by atoms with Crippen molar-refractivity contribution in [2.24, 2.45) is 0 Å². The zero-order chi connectivity index (χ0) is 14.0. The lowest BCUT2D eigenvalue weighted by molar-refractivity contribution is 0.0636. The Labute approximate surface area is 112 Å². The topological polar surface area (TPSA) is 60.1 Å². The van der Waals surface area contributed by atoms with Crippen molar-refractivity contribution in [3.63, 3.8) is 0 Å². The summed E-state index contributed by atoms with van der Waals surface area (Å²) in [6.07, 6.45) is -0.365. The summed E-state index contributed by atoms with van der Waals surface area (Å²) < 4.78 is 15.7. The van der Waals surface area contributed by atoms with Crippen LogP contribution in [0.5, 0.6) is 5.75 Å². The van der Waals surface area contributed by atoms with E-state index >= 15 is 0 Å². The van der Waals surface area contributed by atoms with Crippen molar-refractivity contribution < 1.29 is 19.0 Å². The first-order chi connectivity index (χ1) is 8.89. The Morgan fingerprint density at radius 2 is 2.11 bits per heavy atom. The molecule has 0 aromatic heterocycles. The molecule has 0 bridgehead atoms. The molecular formula is C14H19NO4. The molecule has 0 spiro atoms. The molecule has 1 heterocycles. The lowest BCUT2D eigenvalue weighted by atomic mass is 10.1. The molecule has 5 heteroatoms. The first-order valence-corrected chi connectivity index (χ1v) is 6.18. The average Bonchev–Trinajstić information content (AvgIpc) is 3.10. The Morgan fingerprint density at radius 1 is 1.42 bits per heavy atom. The molecule has 2 rings (SSSR count). The van der Waals surface area contributed by atoms with Crippen LogP contribution >= 0.6 is 0 Å². The second kappa shape index (κ2) is 5.09. The van der Waals surface area contributed by atoms with Gasteiger partial charge in [-0.1, -0.05) is 6.07 Å². The van der Waals surface area contributed by atoms with Gasteiger partial charge in [-0.3, -0.25) is 5.32 Å². The highest BCUT2D eigenvalue weighted by atomic mass is 16.6. The number of ether oxygens (including phenoxy) is 3. The van der Waals surface area contributed by atoms with E-state index in [1.165, 1.54) is 0 Å². The second-order valence-electron chi connectivity index (χ2n) is 5.41. The van der Waals surface area contributed by atoms with Gasteiger partial charge in [0.15, 0.2) is 0 Å². The summed E-state index contributed by atoms with van der Waals surface area (Å²) in [5.41, 5.74) is 1.11. The van der Waals surface area contributed by atoms with E-state index in [0.717, 1.165) is 12.2 Å². The standard InChI is InChI=1S/C14H19NO4/c1-14(2,3)19-13(16)15-9-5-6-10(12-8-18-12)11(7-9)17-4/h5-7,12H,8H2,1-4H3,(H,15,16)/t12-/m1/s1. The molecule has 1 aliphatic rings. The molecule has 1 aromatic carbocycles. The number of carbonyl (C=O) groups is 1. The van der Waals surface area contributed by atoms with E-state index in [-0.39, 0.29) is 6.10 Å². The summed E-state index contributed by atoms with van der Waals surface area (Å²) >= 11 is 0. The van der Waals surface area contributed by atoms with Gasteiger partial charge in [0, 0.05) is 17.3 Å². The Balaban J connectivity index is 2.06. The predicted molar refractivity (Wildman–Crippen MR) is 71.5 cm³/mol. The van der Waals surface area contributed by atoms with Crippen LogP contribution in [-0.4, -0.2) is 25.4 Å². The number of epoxide rings is 1. The number of benzene rings is 1. The van der Waals surface area contributed by atoms with Crippen LogP contribution in [0.25, 0.3) is 0 Å². The summed E-state index contributed by atoms with van der Waals surface area (Å²) in [4.78, 5) is 11.7. The molecule has 1 N–H and O–H groups in total. The first-order valence-electron chi connectivity index (χ1n) is 6.18. The zero-order valence-corrected chi connectivity index (χ0v) is 11.6. The Kier molecular flexibility index (Phi) is 3.66. The third-order valence-electron chi connectivity index (χ3n) is 2.56. The molecule has 5 nitrogen and oxygen atoms in total. The third-order valence-corrected chi connectivity index (χ3v) is 2.56. The van der Waals surface area contributed by atoms with Crippen LogP contribution in [0.3, 0.4) is 0 Å². The highest BCUT2D eigenvalue weighted by Gasteiger charge is 2.28. The summed E-state index contributed by atoms with van der Waals surface area (Å²) in [6, 6.07) is 5.47. The Hall–Kier alpha value is -1.75. The van der Waals surface area contributed by atoms with Gasteiger partial charge >= 0.3 is 6.09 Å². The lowest BCUT2D eigenvalue weighted by Gasteiger charge is -2.20. The SMILES string of the molecule is COc1cc(NC(=O)OC(C)(C)C)ccc1[C@H]1CO1. The number of anilines is 1. The largest absolute Gasteiger partial charge is 0.496 e. The normalized spacial score (nSPS) is 17.8. The molecule has 0 unspecified atom stereocenters. The predicted octanol–water partition coefficient (Wildman–Crippen LogP) is 3.11. The number of amides is 1. The number of hydrogen-bond acceptors (Lipinski definition) is 4. The molecular weight excluding hydrogens is 246 g/mol. The van der Waals surface area contributed by atoms with E-state index in [1.54, 1.807) is 13.2 Å². The van der Waals surface area contributed by atoms with Crippen LogP contribution in [0.15, 0.2) is 18.2 Å². The van der Waals surface area contributed by atoms with Gasteiger partial charge in [0.1, 0.15) is 17.5 Å². The minimum atomic E-state index is -0.518. The zero-order valence-electron chi connectivity index (χ0n) is 11.6. The van der Waals surface area contributed by atoms with E-state index in [9.17, 15) is 4.79 Å². The highest BCUT2D eigenvalue weighted by molar-refractivity contribution is 5.85. The smallest absolute Gasteiger partial charge is 0.412 e. The Bertz CT molecular complexity index is 475. The molecule has 1 amide bonds. The molecule has 0 aliphatic carbocycles. The minimum Gasteiger partial charge on any atom is -0.496 e. The number of carbonyl (C=O) groups excluding carboxylic acids is 1. The molecule has 1 aliphatic heterocycles. The van der Waals surface area contributed by atoms with Gasteiger partial charge in [0.2, 0.25) is 0 Å². The van der Waals surface area contributed by atoms with Crippen molar-refractivity contribution in [3.05, 3.63) is 23.8 Å². The first kappa shape index (κ1) is 13.7. The van der Waals surface area contributed by atoms with Gasteiger partial charge in [0.25, 0.3) is 0 Å². The quantitative estimate of drug-likeness (QED) is 0.853. The number of rotatable bonds is 3. The van der Waals surface area contributed by atoms with Crippen molar-refractivity contribution in [1.29, 1.82) is 0 Å². The van der Waals surface area contributed by atoms with E-state index in [4.69, 9.17) is 14.2 Å². The summed E-state index contributed by atoms with van der Waals surface area (Å²) in [7, 11) is 1.60. The number of hydrogen-bond donors (Lipinski definition) is 1. The average molecular weight is 265 g/mol. The second-order valence-corrected chi connectivity index (χ2v) is 5.41. The minimum absolute atomic E-state index is 0.116. The molecule has 1 saturated heterocycles. The molecule has 1 aromatic rings. The lowest BCUT2D eigenvalue weighted by Crippen LogP contribution is -2.27. The van der Waals surface area contributed by atoms with Gasteiger partial charge in [0.05, 0.1) is 13.7 Å². The van der Waals surface area contributed by atoms with Crippen LogP contribution in [0.4, 0.5) is 10.5 Å². The summed E-state index contributed by atoms with van der Waals surface area (Å²) in [6.45, 7) is 6.18. The van der Waals surface area contributed by atoms with Crippen LogP contribution in [0, 0.1) is 0 Å².